The smallest absolute Gasteiger partial charge is 0.263 e. The van der Waals surface area contributed by atoms with Crippen molar-refractivity contribution in [2.45, 2.75) is 6.92 Å². The Bertz CT molecular complexity index is 992. The fraction of sp³-hybridized carbons (Fsp3) is 0.0556. The molecule has 0 amide bonds. The van der Waals surface area contributed by atoms with E-state index in [1.165, 1.54) is 0 Å². The summed E-state index contributed by atoms with van der Waals surface area (Å²) in [5.41, 5.74) is 11.2. The lowest BCUT2D eigenvalue weighted by atomic mass is 10.1. The minimum absolute atomic E-state index is 0.0758. The fourth-order valence-corrected chi connectivity index (χ4v) is 3.26. The van der Waals surface area contributed by atoms with Crippen molar-refractivity contribution in [2.75, 3.05) is 0 Å². The first-order chi connectivity index (χ1) is 12.0. The summed E-state index contributed by atoms with van der Waals surface area (Å²) in [6.07, 6.45) is 1.59. The third-order valence-electron chi connectivity index (χ3n) is 3.72. The number of fused-ring (bicyclic) bond motifs is 1. The number of carbonyl (C=O) groups is 1. The van der Waals surface area contributed by atoms with Crippen LogP contribution >= 0.6 is 28.1 Å². The van der Waals surface area contributed by atoms with E-state index in [0.717, 1.165) is 22.0 Å². The lowest BCUT2D eigenvalue weighted by Gasteiger charge is -2.06. The van der Waals surface area contributed by atoms with Crippen LogP contribution in [0.5, 0.6) is 0 Å². The molecule has 5 nitrogen and oxygen atoms in total. The number of hydrogen-bond acceptors (Lipinski definition) is 3. The van der Waals surface area contributed by atoms with E-state index in [1.807, 2.05) is 55.5 Å². The maximum atomic E-state index is 13.0. The SMILES string of the molecule is Cc1ccc(C(=O)n2c(Br)c(/C=N/NC(N)=S)c3ccccc32)cc1. The molecule has 3 N–H and O–H groups in total. The van der Waals surface area contributed by atoms with E-state index >= 15 is 0 Å². The van der Waals surface area contributed by atoms with Gasteiger partial charge in [0.05, 0.1) is 11.7 Å². The molecule has 3 aromatic rings. The van der Waals surface area contributed by atoms with Crippen molar-refractivity contribution >= 4 is 56.3 Å². The van der Waals surface area contributed by atoms with Crippen LogP contribution in [0.4, 0.5) is 0 Å². The van der Waals surface area contributed by atoms with Crippen molar-refractivity contribution in [3.63, 3.8) is 0 Å². The molecule has 3 rings (SSSR count). The summed E-state index contributed by atoms with van der Waals surface area (Å²) in [5.74, 6) is -0.120. The monoisotopic (exact) mass is 414 g/mol. The van der Waals surface area contributed by atoms with Gasteiger partial charge in [-0.2, -0.15) is 5.10 Å². The van der Waals surface area contributed by atoms with Gasteiger partial charge in [-0.15, -0.1) is 0 Å². The maximum Gasteiger partial charge on any atom is 0.263 e. The molecule has 7 heteroatoms. The molecule has 25 heavy (non-hydrogen) atoms. The van der Waals surface area contributed by atoms with E-state index in [2.05, 4.69) is 26.5 Å². The molecule has 0 aliphatic carbocycles. The molecule has 2 aromatic carbocycles. The van der Waals surface area contributed by atoms with Gasteiger partial charge in [-0.3, -0.25) is 14.8 Å². The van der Waals surface area contributed by atoms with Gasteiger partial charge in [0.25, 0.3) is 5.91 Å². The number of rotatable bonds is 3. The minimum Gasteiger partial charge on any atom is -0.375 e. The van der Waals surface area contributed by atoms with Crippen molar-refractivity contribution in [3.05, 3.63) is 69.8 Å². The Labute approximate surface area is 158 Å². The quantitative estimate of drug-likeness (QED) is 0.390. The van der Waals surface area contributed by atoms with Gasteiger partial charge in [0.15, 0.2) is 5.11 Å². The zero-order valence-electron chi connectivity index (χ0n) is 13.4. The molecule has 0 spiro atoms. The van der Waals surface area contributed by atoms with Crippen molar-refractivity contribution in [1.29, 1.82) is 0 Å². The first kappa shape index (κ1) is 17.3. The lowest BCUT2D eigenvalue weighted by molar-refractivity contribution is 0.0962. The van der Waals surface area contributed by atoms with E-state index in [-0.39, 0.29) is 11.0 Å². The summed E-state index contributed by atoms with van der Waals surface area (Å²) >= 11 is 8.28. The number of halogens is 1. The topological polar surface area (TPSA) is 72.4 Å². The zero-order valence-corrected chi connectivity index (χ0v) is 15.8. The molecule has 0 atom stereocenters. The second kappa shape index (κ2) is 7.16. The van der Waals surface area contributed by atoms with E-state index in [1.54, 1.807) is 10.8 Å². The summed E-state index contributed by atoms with van der Waals surface area (Å²) in [5, 5.41) is 4.98. The standard InChI is InChI=1S/C18H15BrN4OS/c1-11-6-8-12(9-7-11)17(24)23-15-5-3-2-4-13(15)14(16(23)19)10-21-22-18(20)25/h2-10H,1H3,(H3,20,22,25)/b21-10+. The summed E-state index contributed by atoms with van der Waals surface area (Å²) in [7, 11) is 0. The van der Waals surface area contributed by atoms with Crippen molar-refractivity contribution in [3.8, 4) is 0 Å². The number of nitrogens with zero attached hydrogens (tertiary/aromatic N) is 2. The van der Waals surface area contributed by atoms with Gasteiger partial charge < -0.3 is 5.73 Å². The van der Waals surface area contributed by atoms with E-state index < -0.39 is 0 Å². The van der Waals surface area contributed by atoms with Gasteiger partial charge >= 0.3 is 0 Å². The van der Waals surface area contributed by atoms with Gasteiger partial charge in [-0.05, 0) is 53.3 Å². The van der Waals surface area contributed by atoms with Gasteiger partial charge in [0.1, 0.15) is 4.60 Å². The van der Waals surface area contributed by atoms with Gasteiger partial charge in [0.2, 0.25) is 0 Å². The van der Waals surface area contributed by atoms with Crippen LogP contribution in [0.2, 0.25) is 0 Å². The van der Waals surface area contributed by atoms with Crippen LogP contribution in [0.15, 0.2) is 58.2 Å². The molecule has 0 unspecified atom stereocenters. The highest BCUT2D eigenvalue weighted by Crippen LogP contribution is 2.30. The number of aryl methyl sites for hydroxylation is 1. The highest BCUT2D eigenvalue weighted by molar-refractivity contribution is 9.10. The lowest BCUT2D eigenvalue weighted by Crippen LogP contribution is -2.24. The Morgan fingerprint density at radius 1 is 1.24 bits per heavy atom. The predicted octanol–water partition coefficient (Wildman–Crippen LogP) is 3.57. The second-order valence-electron chi connectivity index (χ2n) is 5.46. The van der Waals surface area contributed by atoms with Crippen molar-refractivity contribution in [1.82, 2.24) is 9.99 Å². The number of hydrogen-bond donors (Lipinski definition) is 2. The predicted molar refractivity (Wildman–Crippen MR) is 108 cm³/mol. The molecular formula is C18H15BrN4OS. The van der Waals surface area contributed by atoms with Crippen molar-refractivity contribution < 1.29 is 4.79 Å². The third kappa shape index (κ3) is 3.47. The Morgan fingerprint density at radius 2 is 1.92 bits per heavy atom. The molecule has 0 bridgehead atoms. The zero-order chi connectivity index (χ0) is 18.0. The average Bonchev–Trinajstić information content (AvgIpc) is 2.87. The van der Waals surface area contributed by atoms with Crippen LogP contribution in [-0.2, 0) is 0 Å². The van der Waals surface area contributed by atoms with E-state index in [4.69, 9.17) is 18.0 Å². The van der Waals surface area contributed by atoms with Gasteiger partial charge in [-0.1, -0.05) is 35.9 Å². The van der Waals surface area contributed by atoms with Gasteiger partial charge in [-0.25, -0.2) is 0 Å². The number of para-hydroxylation sites is 1. The van der Waals surface area contributed by atoms with Crippen LogP contribution < -0.4 is 11.2 Å². The molecule has 1 aromatic heterocycles. The number of thiocarbonyl (C=S) groups is 1. The first-order valence-electron chi connectivity index (χ1n) is 7.48. The van der Waals surface area contributed by atoms with Crippen LogP contribution in [0.3, 0.4) is 0 Å². The number of aromatic nitrogens is 1. The van der Waals surface area contributed by atoms with Crippen LogP contribution in [0.25, 0.3) is 10.9 Å². The molecule has 0 saturated carbocycles. The highest BCUT2D eigenvalue weighted by atomic mass is 79.9. The number of carbonyl (C=O) groups excluding carboxylic acids is 1. The Hall–Kier alpha value is -2.51. The molecule has 1 heterocycles. The highest BCUT2D eigenvalue weighted by Gasteiger charge is 2.19. The number of benzene rings is 2. The normalized spacial score (nSPS) is 11.1. The molecule has 0 aliphatic heterocycles. The summed E-state index contributed by atoms with van der Waals surface area (Å²) in [6, 6.07) is 15.1. The Balaban J connectivity index is 2.13. The maximum absolute atomic E-state index is 13.0. The molecule has 0 radical (unpaired) electrons. The molecule has 0 saturated heterocycles. The third-order valence-corrected chi connectivity index (χ3v) is 4.60. The second-order valence-corrected chi connectivity index (χ2v) is 6.65. The first-order valence-corrected chi connectivity index (χ1v) is 8.68. The van der Waals surface area contributed by atoms with E-state index in [0.29, 0.717) is 10.2 Å². The summed E-state index contributed by atoms with van der Waals surface area (Å²) in [6.45, 7) is 1.98. The fourth-order valence-electron chi connectivity index (χ4n) is 2.54. The summed E-state index contributed by atoms with van der Waals surface area (Å²) < 4.78 is 2.25. The van der Waals surface area contributed by atoms with E-state index in [9.17, 15) is 4.79 Å². The number of nitrogens with two attached hydrogens (primary N) is 1. The summed E-state index contributed by atoms with van der Waals surface area (Å²) in [4.78, 5) is 13.0. The Kier molecular flexibility index (Phi) is 4.96. The molecule has 0 fully saturated rings. The van der Waals surface area contributed by atoms with Crippen molar-refractivity contribution in [2.24, 2.45) is 10.8 Å². The number of nitrogens with one attached hydrogen (secondary N) is 1. The largest absolute Gasteiger partial charge is 0.375 e. The van der Waals surface area contributed by atoms with Crippen LogP contribution in [0, 0.1) is 6.92 Å². The average molecular weight is 415 g/mol. The molecule has 126 valence electrons. The van der Waals surface area contributed by atoms with Crippen LogP contribution in [-0.4, -0.2) is 21.8 Å². The van der Waals surface area contributed by atoms with Gasteiger partial charge in [0, 0.05) is 16.5 Å². The minimum atomic E-state index is -0.120. The Morgan fingerprint density at radius 3 is 2.60 bits per heavy atom. The molecular weight excluding hydrogens is 400 g/mol. The molecule has 0 aliphatic rings. The van der Waals surface area contributed by atoms with Crippen LogP contribution in [0.1, 0.15) is 21.5 Å². The number of hydrazone groups is 1.